The van der Waals surface area contributed by atoms with Crippen molar-refractivity contribution in [1.82, 2.24) is 24.0 Å². The summed E-state index contributed by atoms with van der Waals surface area (Å²) in [6.45, 7) is 6.00. The molecule has 0 spiro atoms. The van der Waals surface area contributed by atoms with Gasteiger partial charge in [-0.2, -0.15) is 0 Å². The van der Waals surface area contributed by atoms with Gasteiger partial charge >= 0.3 is 0 Å². The first-order valence-corrected chi connectivity index (χ1v) is 8.06. The minimum atomic E-state index is -0.459. The van der Waals surface area contributed by atoms with Crippen LogP contribution in [0.4, 0.5) is 0 Å². The first kappa shape index (κ1) is 15.2. The van der Waals surface area contributed by atoms with E-state index in [0.717, 1.165) is 50.7 Å². The van der Waals surface area contributed by atoms with Crippen molar-refractivity contribution in [1.29, 1.82) is 0 Å². The number of hydrogen-bond acceptors (Lipinski definition) is 4. The summed E-state index contributed by atoms with van der Waals surface area (Å²) in [5.74, 6) is 2.20. The average Bonchev–Trinajstić information content (AvgIpc) is 3.16. The summed E-state index contributed by atoms with van der Waals surface area (Å²) in [5, 5.41) is 10.5. The van der Waals surface area contributed by atoms with E-state index >= 15 is 0 Å². The number of aryl methyl sites for hydroxylation is 2. The van der Waals surface area contributed by atoms with Gasteiger partial charge < -0.3 is 14.2 Å². The first-order chi connectivity index (χ1) is 10.7. The molecule has 3 rings (SSSR count). The summed E-state index contributed by atoms with van der Waals surface area (Å²) in [6, 6.07) is 0. The van der Waals surface area contributed by atoms with Gasteiger partial charge in [0.05, 0.1) is 6.54 Å². The second-order valence-electron chi connectivity index (χ2n) is 6.08. The van der Waals surface area contributed by atoms with Crippen molar-refractivity contribution < 1.29 is 5.11 Å². The van der Waals surface area contributed by atoms with Gasteiger partial charge in [0.25, 0.3) is 0 Å². The Bertz CT molecular complexity index is 597. The second-order valence-corrected chi connectivity index (χ2v) is 6.08. The quantitative estimate of drug-likeness (QED) is 0.911. The van der Waals surface area contributed by atoms with Crippen LogP contribution in [-0.2, 0) is 20.1 Å². The minimum Gasteiger partial charge on any atom is -0.385 e. The molecular weight excluding hydrogens is 278 g/mol. The number of likely N-dealkylation sites (tertiary alicyclic amines) is 1. The molecule has 0 aliphatic carbocycles. The number of aliphatic hydroxyl groups excluding tert-OH is 1. The monoisotopic (exact) mass is 303 g/mol. The topological polar surface area (TPSA) is 59.1 Å². The highest BCUT2D eigenvalue weighted by atomic mass is 16.3. The fraction of sp³-hybridized carbons (Fsp3) is 0.625. The van der Waals surface area contributed by atoms with E-state index in [1.807, 2.05) is 30.2 Å². The number of rotatable bonds is 5. The molecule has 1 atom stereocenters. The second kappa shape index (κ2) is 6.62. The SMILES string of the molecule is CCn1ccnc1CN1CCC(C(O)c2nccn2C)CC1. The van der Waals surface area contributed by atoms with E-state index in [-0.39, 0.29) is 0 Å². The number of aliphatic hydroxyl groups is 1. The molecule has 1 unspecified atom stereocenters. The molecule has 1 aliphatic rings. The van der Waals surface area contributed by atoms with E-state index in [2.05, 4.69) is 26.4 Å². The zero-order chi connectivity index (χ0) is 15.5. The fourth-order valence-electron chi connectivity index (χ4n) is 3.28. The third-order valence-corrected chi connectivity index (χ3v) is 4.71. The molecule has 2 aromatic heterocycles. The maximum absolute atomic E-state index is 10.5. The molecule has 1 saturated heterocycles. The molecule has 0 bridgehead atoms. The number of imidazole rings is 2. The van der Waals surface area contributed by atoms with Gasteiger partial charge in [-0.05, 0) is 38.8 Å². The third kappa shape index (κ3) is 3.08. The molecule has 3 heterocycles. The lowest BCUT2D eigenvalue weighted by molar-refractivity contribution is 0.0483. The van der Waals surface area contributed by atoms with Crippen LogP contribution in [0.5, 0.6) is 0 Å². The maximum Gasteiger partial charge on any atom is 0.137 e. The van der Waals surface area contributed by atoms with Gasteiger partial charge in [-0.1, -0.05) is 0 Å². The predicted octanol–water partition coefficient (Wildman–Crippen LogP) is 1.58. The van der Waals surface area contributed by atoms with E-state index in [4.69, 9.17) is 0 Å². The lowest BCUT2D eigenvalue weighted by Gasteiger charge is -2.33. The highest BCUT2D eigenvalue weighted by molar-refractivity contribution is 4.99. The van der Waals surface area contributed by atoms with Gasteiger partial charge in [0, 0.05) is 38.4 Å². The Hall–Kier alpha value is -1.66. The summed E-state index contributed by atoms with van der Waals surface area (Å²) in [4.78, 5) is 11.2. The molecule has 0 radical (unpaired) electrons. The lowest BCUT2D eigenvalue weighted by atomic mass is 9.90. The van der Waals surface area contributed by atoms with Gasteiger partial charge in [0.15, 0.2) is 0 Å². The van der Waals surface area contributed by atoms with Crippen LogP contribution in [0.2, 0.25) is 0 Å². The van der Waals surface area contributed by atoms with Crippen LogP contribution in [0.15, 0.2) is 24.8 Å². The number of nitrogens with zero attached hydrogens (tertiary/aromatic N) is 5. The van der Waals surface area contributed by atoms with Crippen LogP contribution in [0.25, 0.3) is 0 Å². The van der Waals surface area contributed by atoms with E-state index in [1.54, 1.807) is 6.20 Å². The van der Waals surface area contributed by atoms with Crippen LogP contribution in [0.1, 0.15) is 37.5 Å². The maximum atomic E-state index is 10.5. The molecule has 1 aliphatic heterocycles. The van der Waals surface area contributed by atoms with E-state index in [0.29, 0.717) is 5.92 Å². The van der Waals surface area contributed by atoms with E-state index < -0.39 is 6.10 Å². The molecule has 22 heavy (non-hydrogen) atoms. The molecule has 1 N–H and O–H groups in total. The zero-order valence-electron chi connectivity index (χ0n) is 13.4. The van der Waals surface area contributed by atoms with E-state index in [9.17, 15) is 5.11 Å². The number of aromatic nitrogens is 4. The summed E-state index contributed by atoms with van der Waals surface area (Å²) in [5.41, 5.74) is 0. The zero-order valence-corrected chi connectivity index (χ0v) is 13.4. The van der Waals surface area contributed by atoms with Crippen molar-refractivity contribution in [3.63, 3.8) is 0 Å². The Kier molecular flexibility index (Phi) is 4.59. The van der Waals surface area contributed by atoms with Crippen molar-refractivity contribution >= 4 is 0 Å². The smallest absolute Gasteiger partial charge is 0.137 e. The summed E-state index contributed by atoms with van der Waals surface area (Å²) < 4.78 is 4.10. The lowest BCUT2D eigenvalue weighted by Crippen LogP contribution is -2.36. The molecule has 0 aromatic carbocycles. The van der Waals surface area contributed by atoms with Crippen LogP contribution >= 0.6 is 0 Å². The third-order valence-electron chi connectivity index (χ3n) is 4.71. The first-order valence-electron chi connectivity index (χ1n) is 8.06. The molecule has 0 amide bonds. The number of hydrogen-bond donors (Lipinski definition) is 1. The largest absolute Gasteiger partial charge is 0.385 e. The van der Waals surface area contributed by atoms with Crippen molar-refractivity contribution in [2.24, 2.45) is 13.0 Å². The van der Waals surface area contributed by atoms with Gasteiger partial charge in [-0.15, -0.1) is 0 Å². The molecule has 0 saturated carbocycles. The molecular formula is C16H25N5O. The number of piperidine rings is 1. The average molecular weight is 303 g/mol. The van der Waals surface area contributed by atoms with Crippen molar-refractivity contribution in [3.05, 3.63) is 36.4 Å². The molecule has 6 nitrogen and oxygen atoms in total. The van der Waals surface area contributed by atoms with Crippen molar-refractivity contribution in [2.75, 3.05) is 13.1 Å². The predicted molar refractivity (Wildman–Crippen MR) is 84.1 cm³/mol. The Morgan fingerprint density at radius 1 is 1.23 bits per heavy atom. The minimum absolute atomic E-state index is 0.295. The summed E-state index contributed by atoms with van der Waals surface area (Å²) in [7, 11) is 1.94. The van der Waals surface area contributed by atoms with Gasteiger partial charge in [-0.25, -0.2) is 9.97 Å². The van der Waals surface area contributed by atoms with Crippen LogP contribution in [0.3, 0.4) is 0 Å². The molecule has 2 aromatic rings. The Labute approximate surface area is 131 Å². The molecule has 6 heteroatoms. The molecule has 1 fully saturated rings. The van der Waals surface area contributed by atoms with Crippen molar-refractivity contribution in [2.45, 2.75) is 39.0 Å². The van der Waals surface area contributed by atoms with Crippen molar-refractivity contribution in [3.8, 4) is 0 Å². The Morgan fingerprint density at radius 2 is 1.95 bits per heavy atom. The van der Waals surface area contributed by atoms with Crippen LogP contribution in [-0.4, -0.2) is 42.2 Å². The van der Waals surface area contributed by atoms with Gasteiger partial charge in [-0.3, -0.25) is 4.90 Å². The van der Waals surface area contributed by atoms with Gasteiger partial charge in [0.1, 0.15) is 17.8 Å². The fourth-order valence-corrected chi connectivity index (χ4v) is 3.28. The summed E-state index contributed by atoms with van der Waals surface area (Å²) in [6.07, 6.45) is 9.08. The summed E-state index contributed by atoms with van der Waals surface area (Å²) >= 11 is 0. The molecule has 120 valence electrons. The Morgan fingerprint density at radius 3 is 2.59 bits per heavy atom. The normalized spacial score (nSPS) is 18.7. The highest BCUT2D eigenvalue weighted by Gasteiger charge is 2.28. The standard InChI is InChI=1S/C16H25N5O/c1-3-21-11-7-17-14(21)12-20-8-4-13(5-9-20)15(22)16-18-6-10-19(16)2/h6-7,10-11,13,15,22H,3-5,8-9,12H2,1-2H3. The van der Waals surface area contributed by atoms with Gasteiger partial charge in [0.2, 0.25) is 0 Å². The van der Waals surface area contributed by atoms with E-state index in [1.165, 1.54) is 0 Å². The van der Waals surface area contributed by atoms with Crippen LogP contribution < -0.4 is 0 Å². The Balaban J connectivity index is 1.55. The highest BCUT2D eigenvalue weighted by Crippen LogP contribution is 2.30. The van der Waals surface area contributed by atoms with Crippen LogP contribution in [0, 0.1) is 5.92 Å².